The molecule has 0 saturated carbocycles. The molecule has 25 heavy (non-hydrogen) atoms. The van der Waals surface area contributed by atoms with E-state index in [1.807, 2.05) is 24.4 Å². The summed E-state index contributed by atoms with van der Waals surface area (Å²) in [6, 6.07) is 18.9. The first kappa shape index (κ1) is 14.2. The van der Waals surface area contributed by atoms with Crippen LogP contribution in [0.2, 0.25) is 0 Å². The third kappa shape index (κ3) is 2.22. The molecule has 2 aromatic heterocycles. The molecule has 0 unspecified atom stereocenters. The molecule has 0 spiro atoms. The van der Waals surface area contributed by atoms with E-state index >= 15 is 0 Å². The quantitative estimate of drug-likeness (QED) is 0.608. The largest absolute Gasteiger partial charge is 0.382 e. The van der Waals surface area contributed by atoms with Crippen LogP contribution >= 0.6 is 0 Å². The maximum Gasteiger partial charge on any atom is 0.150 e. The zero-order valence-electron chi connectivity index (χ0n) is 13.8. The second-order valence-corrected chi connectivity index (χ2v) is 6.59. The number of fused-ring (bicyclic) bond motifs is 2. The molecule has 0 atom stereocenters. The van der Waals surface area contributed by atoms with Gasteiger partial charge in [-0.3, -0.25) is 4.40 Å². The van der Waals surface area contributed by atoms with E-state index in [1.54, 1.807) is 6.20 Å². The summed E-state index contributed by atoms with van der Waals surface area (Å²) in [4.78, 5) is 9.32. The number of hydrogen-bond donors (Lipinski definition) is 1. The fourth-order valence-electron chi connectivity index (χ4n) is 3.91. The Bertz CT molecular complexity index is 1040. The summed E-state index contributed by atoms with van der Waals surface area (Å²) < 4.78 is 2.13. The Balaban J connectivity index is 1.69. The van der Waals surface area contributed by atoms with Crippen molar-refractivity contribution in [3.05, 3.63) is 83.9 Å². The minimum Gasteiger partial charge on any atom is -0.382 e. The molecule has 0 amide bonds. The fraction of sp³-hybridized carbons (Fsp3) is 0.143. The second kappa shape index (κ2) is 5.45. The van der Waals surface area contributed by atoms with Gasteiger partial charge in [0.05, 0.1) is 0 Å². The molecule has 2 aromatic carbocycles. The van der Waals surface area contributed by atoms with Gasteiger partial charge in [-0.15, -0.1) is 0 Å². The molecule has 2 N–H and O–H groups in total. The summed E-state index contributed by atoms with van der Waals surface area (Å²) >= 11 is 0. The highest BCUT2D eigenvalue weighted by atomic mass is 15.1. The summed E-state index contributed by atoms with van der Waals surface area (Å²) in [6.07, 6.45) is 5.77. The van der Waals surface area contributed by atoms with Gasteiger partial charge in [0.15, 0.2) is 0 Å². The molecular weight excluding hydrogens is 308 g/mol. The minimum atomic E-state index is 0.365. The first-order valence-electron chi connectivity index (χ1n) is 8.56. The van der Waals surface area contributed by atoms with E-state index < -0.39 is 0 Å². The predicted octanol–water partition coefficient (Wildman–Crippen LogP) is 3.86. The predicted molar refractivity (Wildman–Crippen MR) is 99.4 cm³/mol. The van der Waals surface area contributed by atoms with Gasteiger partial charge in [-0.1, -0.05) is 54.6 Å². The third-order valence-electron chi connectivity index (χ3n) is 5.07. The number of rotatable bonds is 2. The van der Waals surface area contributed by atoms with Crippen molar-refractivity contribution in [2.75, 3.05) is 5.73 Å². The zero-order chi connectivity index (χ0) is 16.8. The lowest BCUT2D eigenvalue weighted by atomic mass is 10.1. The molecule has 5 rings (SSSR count). The molecule has 1 aliphatic carbocycles. The summed E-state index contributed by atoms with van der Waals surface area (Å²) in [7, 11) is 0. The highest BCUT2D eigenvalue weighted by molar-refractivity contribution is 5.85. The summed E-state index contributed by atoms with van der Waals surface area (Å²) in [5.41, 5.74) is 12.0. The van der Waals surface area contributed by atoms with Gasteiger partial charge in [0, 0.05) is 23.9 Å². The highest BCUT2D eigenvalue weighted by Gasteiger charge is 2.28. The molecule has 2 heterocycles. The van der Waals surface area contributed by atoms with Crippen LogP contribution < -0.4 is 5.73 Å². The van der Waals surface area contributed by atoms with Crippen LogP contribution in [-0.2, 0) is 12.8 Å². The van der Waals surface area contributed by atoms with Gasteiger partial charge in [-0.2, -0.15) is 0 Å². The van der Waals surface area contributed by atoms with Crippen LogP contribution in [0.4, 0.5) is 5.82 Å². The van der Waals surface area contributed by atoms with E-state index in [2.05, 4.69) is 45.8 Å². The van der Waals surface area contributed by atoms with E-state index in [-0.39, 0.29) is 0 Å². The lowest BCUT2D eigenvalue weighted by Crippen LogP contribution is -2.05. The number of nitrogens with zero attached hydrogens (tertiary/aromatic N) is 3. The maximum absolute atomic E-state index is 6.22. The molecular formula is C21H18N4. The normalized spacial score (nSPS) is 14.1. The number of benzene rings is 2. The van der Waals surface area contributed by atoms with Gasteiger partial charge in [0.25, 0.3) is 0 Å². The first-order chi connectivity index (χ1) is 12.3. The van der Waals surface area contributed by atoms with Gasteiger partial charge >= 0.3 is 0 Å². The topological polar surface area (TPSA) is 56.2 Å². The number of nitrogens with two attached hydrogens (primary N) is 1. The second-order valence-electron chi connectivity index (χ2n) is 6.59. The number of anilines is 1. The van der Waals surface area contributed by atoms with Gasteiger partial charge in [0.1, 0.15) is 22.9 Å². The smallest absolute Gasteiger partial charge is 0.150 e. The third-order valence-corrected chi connectivity index (χ3v) is 5.07. The van der Waals surface area contributed by atoms with E-state index in [1.165, 1.54) is 11.1 Å². The van der Waals surface area contributed by atoms with E-state index in [0.717, 1.165) is 35.4 Å². The van der Waals surface area contributed by atoms with Crippen molar-refractivity contribution >= 4 is 11.3 Å². The average molecular weight is 326 g/mol. The molecule has 1 aliphatic rings. The number of hydrogen-bond acceptors (Lipinski definition) is 3. The molecule has 4 nitrogen and oxygen atoms in total. The average Bonchev–Trinajstić information content (AvgIpc) is 3.24. The Morgan fingerprint density at radius 2 is 1.60 bits per heavy atom. The maximum atomic E-state index is 6.22. The molecule has 0 saturated heterocycles. The SMILES string of the molecule is Nc1nccn2c(C3Cc4ccccc4C3)nc(-c3ccccc3)c12. The minimum absolute atomic E-state index is 0.365. The van der Waals surface area contributed by atoms with Crippen molar-refractivity contribution in [1.82, 2.24) is 14.4 Å². The number of nitrogen functional groups attached to an aromatic ring is 1. The lowest BCUT2D eigenvalue weighted by molar-refractivity contribution is 0.679. The molecule has 0 aliphatic heterocycles. The standard InChI is InChI=1S/C21H18N4/c22-20-19-18(14-6-2-1-3-7-14)24-21(25(19)11-10-23-20)17-12-15-8-4-5-9-16(15)13-17/h1-11,17H,12-13H2,(H2,22,23). The van der Waals surface area contributed by atoms with Crippen molar-refractivity contribution in [2.24, 2.45) is 0 Å². The van der Waals surface area contributed by atoms with Crippen molar-refractivity contribution < 1.29 is 0 Å². The van der Waals surface area contributed by atoms with E-state index in [4.69, 9.17) is 10.7 Å². The van der Waals surface area contributed by atoms with Gasteiger partial charge < -0.3 is 5.73 Å². The van der Waals surface area contributed by atoms with Crippen molar-refractivity contribution in [3.63, 3.8) is 0 Å². The van der Waals surface area contributed by atoms with Crippen molar-refractivity contribution in [2.45, 2.75) is 18.8 Å². The van der Waals surface area contributed by atoms with E-state index in [9.17, 15) is 0 Å². The van der Waals surface area contributed by atoms with Crippen LogP contribution in [0, 0.1) is 0 Å². The van der Waals surface area contributed by atoms with E-state index in [0.29, 0.717) is 11.7 Å². The van der Waals surface area contributed by atoms with Crippen LogP contribution in [0.1, 0.15) is 22.9 Å². The van der Waals surface area contributed by atoms with Gasteiger partial charge in [-0.25, -0.2) is 9.97 Å². The number of imidazole rings is 1. The van der Waals surface area contributed by atoms with Crippen LogP contribution in [-0.4, -0.2) is 14.4 Å². The van der Waals surface area contributed by atoms with Gasteiger partial charge in [-0.05, 0) is 24.0 Å². The fourth-order valence-corrected chi connectivity index (χ4v) is 3.91. The highest BCUT2D eigenvalue weighted by Crippen LogP contribution is 2.37. The Morgan fingerprint density at radius 1 is 0.920 bits per heavy atom. The zero-order valence-corrected chi connectivity index (χ0v) is 13.8. The number of aromatic nitrogens is 3. The lowest BCUT2D eigenvalue weighted by Gasteiger charge is -2.08. The Labute approximate surface area is 146 Å². The molecule has 122 valence electrons. The molecule has 4 aromatic rings. The Morgan fingerprint density at radius 3 is 2.32 bits per heavy atom. The van der Waals surface area contributed by atoms with Gasteiger partial charge in [0.2, 0.25) is 0 Å². The first-order valence-corrected chi connectivity index (χ1v) is 8.56. The monoisotopic (exact) mass is 326 g/mol. The van der Waals surface area contributed by atoms with Crippen LogP contribution in [0.15, 0.2) is 67.0 Å². The Kier molecular flexibility index (Phi) is 3.10. The molecule has 0 bridgehead atoms. The van der Waals surface area contributed by atoms with Crippen molar-refractivity contribution in [3.8, 4) is 11.3 Å². The Hall–Kier alpha value is -3.14. The molecule has 4 heteroatoms. The van der Waals surface area contributed by atoms with Crippen LogP contribution in [0.5, 0.6) is 0 Å². The van der Waals surface area contributed by atoms with Crippen molar-refractivity contribution in [1.29, 1.82) is 0 Å². The van der Waals surface area contributed by atoms with Crippen LogP contribution in [0.25, 0.3) is 16.8 Å². The molecule has 0 fully saturated rings. The molecule has 0 radical (unpaired) electrons. The van der Waals surface area contributed by atoms with Crippen LogP contribution in [0.3, 0.4) is 0 Å². The summed E-state index contributed by atoms with van der Waals surface area (Å²) in [6.45, 7) is 0. The summed E-state index contributed by atoms with van der Waals surface area (Å²) in [5, 5.41) is 0. The summed E-state index contributed by atoms with van der Waals surface area (Å²) in [5.74, 6) is 1.96.